The zero-order valence-electron chi connectivity index (χ0n) is 11.7. The van der Waals surface area contributed by atoms with E-state index >= 15 is 0 Å². The summed E-state index contributed by atoms with van der Waals surface area (Å²) in [7, 11) is 1.32. The van der Waals surface area contributed by atoms with Crippen molar-refractivity contribution in [3.05, 3.63) is 41.3 Å². The van der Waals surface area contributed by atoms with Crippen LogP contribution >= 0.6 is 11.3 Å². The number of aryl methyl sites for hydroxylation is 1. The highest BCUT2D eigenvalue weighted by molar-refractivity contribution is 7.22. The Labute approximate surface area is 128 Å². The molecule has 0 aliphatic carbocycles. The molecule has 0 saturated carbocycles. The highest BCUT2D eigenvalue weighted by atomic mass is 32.1. The highest BCUT2D eigenvalue weighted by Gasteiger charge is 2.15. The molecule has 3 rings (SSSR count). The molecule has 0 radical (unpaired) electrons. The number of anilines is 1. The van der Waals surface area contributed by atoms with Crippen LogP contribution in [0.1, 0.15) is 26.6 Å². The molecule has 8 heteroatoms. The molecule has 1 aromatic carbocycles. The Morgan fingerprint density at radius 2 is 2.14 bits per heavy atom. The van der Waals surface area contributed by atoms with Crippen LogP contribution in [-0.2, 0) is 4.74 Å². The van der Waals surface area contributed by atoms with Crippen LogP contribution in [0.25, 0.3) is 10.2 Å². The number of amides is 1. The summed E-state index contributed by atoms with van der Waals surface area (Å²) >= 11 is 1.26. The normalized spacial score (nSPS) is 10.6. The fourth-order valence-corrected chi connectivity index (χ4v) is 2.75. The van der Waals surface area contributed by atoms with Crippen molar-refractivity contribution in [3.63, 3.8) is 0 Å². The van der Waals surface area contributed by atoms with Gasteiger partial charge in [0.15, 0.2) is 5.13 Å². The van der Waals surface area contributed by atoms with Crippen molar-refractivity contribution < 1.29 is 18.8 Å². The van der Waals surface area contributed by atoms with Gasteiger partial charge in [-0.05, 0) is 25.1 Å². The Hall–Kier alpha value is -2.74. The van der Waals surface area contributed by atoms with Gasteiger partial charge in [0.25, 0.3) is 5.91 Å². The van der Waals surface area contributed by atoms with Crippen molar-refractivity contribution in [1.29, 1.82) is 0 Å². The van der Waals surface area contributed by atoms with E-state index in [2.05, 4.69) is 20.2 Å². The maximum atomic E-state index is 12.0. The molecule has 22 heavy (non-hydrogen) atoms. The standard InChI is InChI=1S/C14H11N3O4S/c1-7-5-10(21-17-7)12(18)16-14-15-9-4-3-8(13(19)20-2)6-11(9)22-14/h3-6H,1-2H3,(H,15,16,18). The maximum absolute atomic E-state index is 12.0. The molecule has 1 N–H and O–H groups in total. The summed E-state index contributed by atoms with van der Waals surface area (Å²) in [6.45, 7) is 1.73. The highest BCUT2D eigenvalue weighted by Crippen LogP contribution is 2.27. The fraction of sp³-hybridized carbons (Fsp3) is 0.143. The predicted molar refractivity (Wildman–Crippen MR) is 80.2 cm³/mol. The summed E-state index contributed by atoms with van der Waals surface area (Å²) in [5, 5.41) is 6.71. The fourth-order valence-electron chi connectivity index (χ4n) is 1.85. The average Bonchev–Trinajstić information content (AvgIpc) is 3.11. The summed E-state index contributed by atoms with van der Waals surface area (Å²) in [5.41, 5.74) is 1.74. The van der Waals surface area contributed by atoms with Crippen molar-refractivity contribution in [2.75, 3.05) is 12.4 Å². The van der Waals surface area contributed by atoms with Crippen molar-refractivity contribution in [2.45, 2.75) is 6.92 Å². The molecule has 0 unspecified atom stereocenters. The lowest BCUT2D eigenvalue weighted by atomic mass is 10.2. The molecule has 0 spiro atoms. The first kappa shape index (κ1) is 14.2. The van der Waals surface area contributed by atoms with Gasteiger partial charge in [-0.15, -0.1) is 0 Å². The summed E-state index contributed by atoms with van der Waals surface area (Å²) in [6, 6.07) is 6.54. The molecule has 112 valence electrons. The Morgan fingerprint density at radius 1 is 1.32 bits per heavy atom. The van der Waals surface area contributed by atoms with Crippen LogP contribution in [0.2, 0.25) is 0 Å². The lowest BCUT2D eigenvalue weighted by molar-refractivity contribution is 0.0601. The third-order valence-electron chi connectivity index (χ3n) is 2.88. The number of nitrogens with one attached hydrogen (secondary N) is 1. The van der Waals surface area contributed by atoms with Crippen LogP contribution in [0.4, 0.5) is 5.13 Å². The van der Waals surface area contributed by atoms with Crippen LogP contribution in [0.15, 0.2) is 28.8 Å². The molecule has 0 bridgehead atoms. The third-order valence-corrected chi connectivity index (χ3v) is 3.82. The van der Waals surface area contributed by atoms with Gasteiger partial charge in [-0.25, -0.2) is 9.78 Å². The number of hydrogen-bond donors (Lipinski definition) is 1. The average molecular weight is 317 g/mol. The minimum atomic E-state index is -0.423. The van der Waals surface area contributed by atoms with Crippen LogP contribution in [0.3, 0.4) is 0 Å². The van der Waals surface area contributed by atoms with Gasteiger partial charge < -0.3 is 9.26 Å². The smallest absolute Gasteiger partial charge is 0.337 e. The molecule has 0 fully saturated rings. The molecule has 2 heterocycles. The number of thiazole rings is 1. The number of carbonyl (C=O) groups is 2. The van der Waals surface area contributed by atoms with E-state index in [9.17, 15) is 9.59 Å². The van der Waals surface area contributed by atoms with Gasteiger partial charge in [0.1, 0.15) is 0 Å². The number of benzene rings is 1. The second kappa shape index (κ2) is 5.57. The first-order chi connectivity index (χ1) is 10.6. The Kier molecular flexibility index (Phi) is 3.60. The van der Waals surface area contributed by atoms with Crippen LogP contribution < -0.4 is 5.32 Å². The van der Waals surface area contributed by atoms with E-state index in [-0.39, 0.29) is 5.76 Å². The van der Waals surface area contributed by atoms with Gasteiger partial charge in [0.2, 0.25) is 5.76 Å². The molecule has 3 aromatic rings. The first-order valence-corrected chi connectivity index (χ1v) is 7.12. The van der Waals surface area contributed by atoms with Crippen molar-refractivity contribution >= 4 is 38.6 Å². The predicted octanol–water partition coefficient (Wildman–Crippen LogP) is 2.63. The SMILES string of the molecule is COC(=O)c1ccc2nc(NC(=O)c3cc(C)no3)sc2c1. The molecular weight excluding hydrogens is 306 g/mol. The minimum absolute atomic E-state index is 0.118. The van der Waals surface area contributed by atoms with E-state index in [1.807, 2.05) is 0 Å². The van der Waals surface area contributed by atoms with Crippen molar-refractivity contribution in [3.8, 4) is 0 Å². The Bertz CT molecular complexity index is 868. The number of carbonyl (C=O) groups excluding carboxylic acids is 2. The van der Waals surface area contributed by atoms with E-state index < -0.39 is 11.9 Å². The molecule has 7 nitrogen and oxygen atoms in total. The number of fused-ring (bicyclic) bond motifs is 1. The van der Waals surface area contributed by atoms with E-state index in [0.29, 0.717) is 21.9 Å². The summed E-state index contributed by atoms with van der Waals surface area (Å²) < 4.78 is 10.3. The van der Waals surface area contributed by atoms with Crippen LogP contribution in [0.5, 0.6) is 0 Å². The summed E-state index contributed by atoms with van der Waals surface area (Å²) in [6.07, 6.45) is 0. The molecule has 0 atom stereocenters. The van der Waals surface area contributed by atoms with Gasteiger partial charge in [-0.3, -0.25) is 10.1 Å². The lowest BCUT2D eigenvalue weighted by Crippen LogP contribution is -2.10. The van der Waals surface area contributed by atoms with Crippen LogP contribution in [-0.4, -0.2) is 29.1 Å². The second-order valence-electron chi connectivity index (χ2n) is 4.48. The monoisotopic (exact) mass is 317 g/mol. The largest absolute Gasteiger partial charge is 0.465 e. The minimum Gasteiger partial charge on any atom is -0.465 e. The molecular formula is C14H11N3O4S. The van der Waals surface area contributed by atoms with E-state index in [1.54, 1.807) is 25.1 Å². The number of methoxy groups -OCH3 is 1. The molecule has 1 amide bonds. The molecule has 0 saturated heterocycles. The number of nitrogens with zero attached hydrogens (tertiary/aromatic N) is 2. The number of rotatable bonds is 3. The van der Waals surface area contributed by atoms with Gasteiger partial charge in [-0.2, -0.15) is 0 Å². The zero-order chi connectivity index (χ0) is 15.7. The summed E-state index contributed by atoms with van der Waals surface area (Å²) in [4.78, 5) is 27.8. The number of hydrogen-bond acceptors (Lipinski definition) is 7. The van der Waals surface area contributed by atoms with Gasteiger partial charge in [0, 0.05) is 6.07 Å². The van der Waals surface area contributed by atoms with Crippen molar-refractivity contribution in [1.82, 2.24) is 10.1 Å². The van der Waals surface area contributed by atoms with E-state index in [0.717, 1.165) is 4.70 Å². The van der Waals surface area contributed by atoms with Gasteiger partial charge in [0.05, 0.1) is 28.6 Å². The topological polar surface area (TPSA) is 94.3 Å². The number of esters is 1. The van der Waals surface area contributed by atoms with Crippen LogP contribution in [0, 0.1) is 6.92 Å². The van der Waals surface area contributed by atoms with Gasteiger partial charge in [-0.1, -0.05) is 16.5 Å². The lowest BCUT2D eigenvalue weighted by Gasteiger charge is -1.97. The second-order valence-corrected chi connectivity index (χ2v) is 5.51. The quantitative estimate of drug-likeness (QED) is 0.746. The maximum Gasteiger partial charge on any atom is 0.337 e. The summed E-state index contributed by atoms with van der Waals surface area (Å²) in [5.74, 6) is -0.724. The number of ether oxygens (including phenoxy) is 1. The van der Waals surface area contributed by atoms with Gasteiger partial charge >= 0.3 is 5.97 Å². The van der Waals surface area contributed by atoms with E-state index in [1.165, 1.54) is 24.5 Å². The Morgan fingerprint density at radius 3 is 2.82 bits per heavy atom. The molecule has 0 aliphatic rings. The number of aromatic nitrogens is 2. The zero-order valence-corrected chi connectivity index (χ0v) is 12.6. The molecule has 0 aliphatic heterocycles. The Balaban J connectivity index is 1.85. The third kappa shape index (κ3) is 2.68. The van der Waals surface area contributed by atoms with E-state index in [4.69, 9.17) is 4.52 Å². The first-order valence-electron chi connectivity index (χ1n) is 6.30. The molecule has 2 aromatic heterocycles. The van der Waals surface area contributed by atoms with Crippen molar-refractivity contribution in [2.24, 2.45) is 0 Å².